The molecule has 10 heteroatoms. The van der Waals surface area contributed by atoms with Crippen molar-refractivity contribution in [2.24, 2.45) is 0 Å². The zero-order valence-corrected chi connectivity index (χ0v) is 20.1. The van der Waals surface area contributed by atoms with Crippen LogP contribution in [-0.4, -0.2) is 55.4 Å². The Hall–Kier alpha value is -3.40. The van der Waals surface area contributed by atoms with Crippen LogP contribution in [0.4, 0.5) is 5.69 Å². The summed E-state index contributed by atoms with van der Waals surface area (Å²) in [4.78, 5) is 12.7. The van der Waals surface area contributed by atoms with E-state index in [0.717, 1.165) is 0 Å². The first-order valence-electron chi connectivity index (χ1n) is 10.3. The molecule has 33 heavy (non-hydrogen) atoms. The average Bonchev–Trinajstić information content (AvgIpc) is 2.81. The van der Waals surface area contributed by atoms with Crippen LogP contribution in [0.2, 0.25) is 0 Å². The van der Waals surface area contributed by atoms with Gasteiger partial charge in [0.2, 0.25) is 0 Å². The molecule has 1 heterocycles. The first-order valence-corrected chi connectivity index (χ1v) is 11.8. The summed E-state index contributed by atoms with van der Waals surface area (Å²) in [6, 6.07) is 10.3. The van der Waals surface area contributed by atoms with E-state index in [-0.39, 0.29) is 24.6 Å². The Morgan fingerprint density at radius 1 is 0.970 bits per heavy atom. The van der Waals surface area contributed by atoms with Crippen molar-refractivity contribution in [3.63, 3.8) is 0 Å². The van der Waals surface area contributed by atoms with E-state index in [4.69, 9.17) is 18.9 Å². The number of allylic oxidation sites excluding steroid dienone is 1. The summed E-state index contributed by atoms with van der Waals surface area (Å²) in [5.41, 5.74) is 1.36. The van der Waals surface area contributed by atoms with E-state index in [1.54, 1.807) is 57.4 Å². The minimum absolute atomic E-state index is 0.127. The summed E-state index contributed by atoms with van der Waals surface area (Å²) in [6.45, 7) is 3.76. The van der Waals surface area contributed by atoms with E-state index < -0.39 is 15.9 Å². The van der Waals surface area contributed by atoms with Crippen LogP contribution in [0.3, 0.4) is 0 Å². The highest BCUT2D eigenvalue weighted by Crippen LogP contribution is 2.44. The summed E-state index contributed by atoms with van der Waals surface area (Å²) < 4.78 is 49.2. The summed E-state index contributed by atoms with van der Waals surface area (Å²) in [6.07, 6.45) is 0. The third kappa shape index (κ3) is 4.70. The van der Waals surface area contributed by atoms with Crippen LogP contribution in [-0.2, 0) is 14.8 Å². The highest BCUT2D eigenvalue weighted by Gasteiger charge is 2.39. The molecule has 1 N–H and O–H groups in total. The summed E-state index contributed by atoms with van der Waals surface area (Å²) in [5.74, 6) is 1.47. The molecule has 1 aliphatic heterocycles. The Kier molecular flexibility index (Phi) is 7.37. The van der Waals surface area contributed by atoms with E-state index in [2.05, 4.69) is 5.32 Å². The van der Waals surface area contributed by atoms with Crippen LogP contribution in [0, 0.1) is 0 Å². The molecule has 3 rings (SSSR count). The number of hydrogen-bond acceptors (Lipinski definition) is 7. The van der Waals surface area contributed by atoms with Gasteiger partial charge in [-0.3, -0.25) is 9.10 Å². The molecule has 9 nitrogen and oxygen atoms in total. The topological polar surface area (TPSA) is 103 Å². The maximum Gasteiger partial charge on any atom is 0.270 e. The average molecular weight is 477 g/mol. The lowest BCUT2D eigenvalue weighted by Gasteiger charge is -2.32. The maximum atomic E-state index is 13.3. The lowest BCUT2D eigenvalue weighted by Crippen LogP contribution is -2.41. The van der Waals surface area contributed by atoms with E-state index in [1.807, 2.05) is 0 Å². The lowest BCUT2D eigenvalue weighted by molar-refractivity contribution is -0.116. The highest BCUT2D eigenvalue weighted by molar-refractivity contribution is 7.97. The molecule has 0 aromatic heterocycles. The first-order chi connectivity index (χ1) is 15.8. The van der Waals surface area contributed by atoms with Crippen LogP contribution >= 0.6 is 0 Å². The smallest absolute Gasteiger partial charge is 0.270 e. The molecule has 0 unspecified atom stereocenters. The van der Waals surface area contributed by atoms with Gasteiger partial charge in [0, 0.05) is 18.2 Å². The van der Waals surface area contributed by atoms with Crippen molar-refractivity contribution in [1.82, 2.24) is 5.32 Å². The van der Waals surface area contributed by atoms with Gasteiger partial charge in [-0.1, -0.05) is 0 Å². The number of fused-ring (bicyclic) bond motifs is 1. The Labute approximate surface area is 193 Å². The molecule has 1 aliphatic rings. The second-order valence-corrected chi connectivity index (χ2v) is 8.93. The number of nitrogens with one attached hydrogen (secondary N) is 1. The summed E-state index contributed by atoms with van der Waals surface area (Å²) >= 11 is 0. The number of benzene rings is 2. The Morgan fingerprint density at radius 3 is 2.15 bits per heavy atom. The molecule has 0 radical (unpaired) electrons. The van der Waals surface area contributed by atoms with Crippen LogP contribution in [0.1, 0.15) is 19.4 Å². The molecule has 0 saturated heterocycles. The van der Waals surface area contributed by atoms with Crippen LogP contribution < -0.4 is 28.6 Å². The standard InChI is InChI=1S/C23H28N2O7S/c1-6-25-19-14-21(31-5)20(30-4)13-18(19)15(2)22(33(25,27)28)23(26)24-11-12-32-17-9-7-16(29-3)8-10-17/h7-10,13-14H,6,11-12H2,1-5H3,(H,24,26). The van der Waals surface area contributed by atoms with Crippen molar-refractivity contribution in [3.05, 3.63) is 46.9 Å². The molecular formula is C23H28N2O7S. The Balaban J connectivity index is 1.83. The molecule has 1 amide bonds. The molecular weight excluding hydrogens is 448 g/mol. The molecule has 2 aromatic carbocycles. The van der Waals surface area contributed by atoms with Gasteiger partial charge >= 0.3 is 0 Å². The normalized spacial score (nSPS) is 14.4. The third-order valence-corrected chi connectivity index (χ3v) is 7.32. The third-order valence-electron chi connectivity index (χ3n) is 5.27. The van der Waals surface area contributed by atoms with Crippen LogP contribution in [0.15, 0.2) is 41.3 Å². The van der Waals surface area contributed by atoms with Gasteiger partial charge in [-0.25, -0.2) is 8.42 Å². The maximum absolute atomic E-state index is 13.3. The molecule has 178 valence electrons. The number of methoxy groups -OCH3 is 3. The van der Waals surface area contributed by atoms with Crippen molar-refractivity contribution < 1.29 is 32.2 Å². The molecule has 0 atom stereocenters. The number of nitrogens with zero attached hydrogens (tertiary/aromatic N) is 1. The van der Waals surface area contributed by atoms with Gasteiger partial charge in [0.15, 0.2) is 16.4 Å². The highest BCUT2D eigenvalue weighted by atomic mass is 32.2. The molecule has 2 aromatic rings. The summed E-state index contributed by atoms with van der Waals surface area (Å²) in [7, 11) is 0.484. The molecule has 0 saturated carbocycles. The Bertz CT molecular complexity index is 1160. The number of amides is 1. The number of sulfonamides is 1. The van der Waals surface area contributed by atoms with Gasteiger partial charge in [-0.2, -0.15) is 0 Å². The van der Waals surface area contributed by atoms with Gasteiger partial charge < -0.3 is 24.3 Å². The van der Waals surface area contributed by atoms with Crippen molar-refractivity contribution in [1.29, 1.82) is 0 Å². The molecule has 0 bridgehead atoms. The van der Waals surface area contributed by atoms with Gasteiger partial charge in [0.1, 0.15) is 18.1 Å². The Morgan fingerprint density at radius 2 is 1.58 bits per heavy atom. The SMILES string of the molecule is CCN1c2cc(OC)c(OC)cc2C(C)=C(C(=O)NCCOc2ccc(OC)cc2)S1(=O)=O. The van der Waals surface area contributed by atoms with E-state index in [1.165, 1.54) is 18.5 Å². The number of rotatable bonds is 9. The predicted octanol–water partition coefficient (Wildman–Crippen LogP) is 2.81. The number of carbonyl (C=O) groups excluding carboxylic acids is 1. The second kappa shape index (κ2) is 10.0. The molecule has 0 aliphatic carbocycles. The van der Waals surface area contributed by atoms with Crippen molar-refractivity contribution in [3.8, 4) is 23.0 Å². The number of ether oxygens (including phenoxy) is 4. The zero-order valence-electron chi connectivity index (χ0n) is 19.3. The number of hydrogen-bond donors (Lipinski definition) is 1. The van der Waals surface area contributed by atoms with E-state index in [0.29, 0.717) is 39.8 Å². The van der Waals surface area contributed by atoms with Crippen molar-refractivity contribution in [2.75, 3.05) is 45.3 Å². The van der Waals surface area contributed by atoms with Crippen LogP contribution in [0.5, 0.6) is 23.0 Å². The van der Waals surface area contributed by atoms with Crippen LogP contribution in [0.25, 0.3) is 5.57 Å². The lowest BCUT2D eigenvalue weighted by atomic mass is 10.0. The quantitative estimate of drug-likeness (QED) is 0.555. The minimum atomic E-state index is -4.07. The minimum Gasteiger partial charge on any atom is -0.497 e. The summed E-state index contributed by atoms with van der Waals surface area (Å²) in [5, 5.41) is 2.65. The fourth-order valence-corrected chi connectivity index (χ4v) is 5.42. The van der Waals surface area contributed by atoms with Gasteiger partial charge in [-0.05, 0) is 49.8 Å². The van der Waals surface area contributed by atoms with Crippen molar-refractivity contribution in [2.45, 2.75) is 13.8 Å². The number of carbonyl (C=O) groups is 1. The fourth-order valence-electron chi connectivity index (χ4n) is 3.64. The van der Waals surface area contributed by atoms with Crippen molar-refractivity contribution >= 4 is 27.2 Å². The fraction of sp³-hybridized carbons (Fsp3) is 0.348. The first kappa shape index (κ1) is 24.2. The van der Waals surface area contributed by atoms with E-state index in [9.17, 15) is 13.2 Å². The monoisotopic (exact) mass is 476 g/mol. The van der Waals surface area contributed by atoms with Gasteiger partial charge in [0.25, 0.3) is 15.9 Å². The van der Waals surface area contributed by atoms with Gasteiger partial charge in [0.05, 0.1) is 33.6 Å². The predicted molar refractivity (Wildman–Crippen MR) is 126 cm³/mol. The number of anilines is 1. The zero-order chi connectivity index (χ0) is 24.2. The molecule has 0 spiro atoms. The van der Waals surface area contributed by atoms with E-state index >= 15 is 0 Å². The van der Waals surface area contributed by atoms with Gasteiger partial charge in [-0.15, -0.1) is 0 Å². The second-order valence-electron chi connectivity index (χ2n) is 7.13. The molecule has 0 fully saturated rings. The largest absolute Gasteiger partial charge is 0.497 e.